The van der Waals surface area contributed by atoms with Crippen LogP contribution in [0.2, 0.25) is 5.02 Å². The number of alkyl halides is 3. The van der Waals surface area contributed by atoms with Crippen LogP contribution >= 0.6 is 23.1 Å². The van der Waals surface area contributed by atoms with Gasteiger partial charge in [0, 0.05) is 0 Å². The number of nitrogens with two attached hydrogens (primary N) is 1. The molecule has 0 spiro atoms. The van der Waals surface area contributed by atoms with Gasteiger partial charge in [0.15, 0.2) is 5.84 Å². The second-order valence-electron chi connectivity index (χ2n) is 5.21. The highest BCUT2D eigenvalue weighted by Gasteiger charge is 2.38. The van der Waals surface area contributed by atoms with Gasteiger partial charge in [0.1, 0.15) is 11.5 Å². The molecular formula is C13H10ClF4N9O3S. The molecular weight excluding hydrogens is 474 g/mol. The number of hydrogen-bond acceptors (Lipinski definition) is 10. The molecule has 12 nitrogen and oxygen atoms in total. The number of nitrogen functional groups attached to an aromatic ring is 1. The Morgan fingerprint density at radius 2 is 2.03 bits per heavy atom. The summed E-state index contributed by atoms with van der Waals surface area (Å²) in [7, 11) is 0. The second-order valence-corrected chi connectivity index (χ2v) is 6.46. The molecule has 3 aromatic rings. The van der Waals surface area contributed by atoms with Crippen LogP contribution in [0.4, 0.5) is 29.2 Å². The molecule has 5 N–H and O–H groups in total. The fourth-order valence-electron chi connectivity index (χ4n) is 1.77. The summed E-state index contributed by atoms with van der Waals surface area (Å²) in [6.07, 6.45) is -5.08. The number of hydrogen-bond donors (Lipinski definition) is 4. The number of amidine groups is 1. The highest BCUT2D eigenvalue weighted by atomic mass is 35.5. The van der Waals surface area contributed by atoms with E-state index in [0.29, 0.717) is 10.6 Å². The number of aliphatic carboxylic acids is 1. The number of carboxylic acid groups (broad SMARTS) is 1. The maximum absolute atomic E-state index is 13.2. The molecule has 0 unspecified atom stereocenters. The van der Waals surface area contributed by atoms with Gasteiger partial charge in [-0.1, -0.05) is 21.2 Å². The zero-order valence-corrected chi connectivity index (χ0v) is 16.3. The second kappa shape index (κ2) is 10.0. The number of tetrazole rings is 1. The average molecular weight is 484 g/mol. The van der Waals surface area contributed by atoms with E-state index in [-0.39, 0.29) is 29.0 Å². The molecule has 0 bridgehead atoms. The highest BCUT2D eigenvalue weighted by molar-refractivity contribution is 7.05. The van der Waals surface area contributed by atoms with Crippen LogP contribution in [0.15, 0.2) is 23.2 Å². The van der Waals surface area contributed by atoms with Gasteiger partial charge in [-0.25, -0.2) is 18.9 Å². The van der Waals surface area contributed by atoms with Gasteiger partial charge in [0.05, 0.1) is 22.1 Å². The smallest absolute Gasteiger partial charge is 0.475 e. The molecule has 0 radical (unpaired) electrons. The summed E-state index contributed by atoms with van der Waals surface area (Å²) in [4.78, 5) is 13.6. The minimum Gasteiger partial charge on any atom is -0.475 e. The number of hydroxylamine groups is 1. The molecule has 166 valence electrons. The van der Waals surface area contributed by atoms with Crippen LogP contribution in [0.25, 0.3) is 0 Å². The third-order valence-electron chi connectivity index (χ3n) is 3.13. The van der Waals surface area contributed by atoms with E-state index in [4.69, 9.17) is 27.2 Å². The summed E-state index contributed by atoms with van der Waals surface area (Å²) in [5, 5.41) is 31.1. The van der Waals surface area contributed by atoms with E-state index < -0.39 is 18.0 Å². The number of anilines is 1. The third kappa shape index (κ3) is 6.52. The molecule has 0 aliphatic heterocycles. The van der Waals surface area contributed by atoms with Crippen LogP contribution in [-0.2, 0) is 11.3 Å². The van der Waals surface area contributed by atoms with Crippen molar-refractivity contribution in [2.24, 2.45) is 4.99 Å². The Hall–Kier alpha value is -3.44. The number of halogens is 5. The van der Waals surface area contributed by atoms with Gasteiger partial charge in [0.2, 0.25) is 5.95 Å². The molecule has 2 aromatic heterocycles. The van der Waals surface area contributed by atoms with E-state index in [9.17, 15) is 22.8 Å². The number of carboxylic acids is 1. The fraction of sp³-hybridized carbons (Fsp3) is 0.154. The van der Waals surface area contributed by atoms with Gasteiger partial charge < -0.3 is 10.8 Å². The summed E-state index contributed by atoms with van der Waals surface area (Å²) in [5.41, 5.74) is 8.16. The zero-order valence-electron chi connectivity index (χ0n) is 14.7. The SMILES string of the molecule is Nc1nnnn1Cc1snnc1C(=Nc1ccc(F)c(Cl)c1)NO.O=C(O)C(F)(F)F. The number of aromatic nitrogens is 6. The Morgan fingerprint density at radius 3 is 2.55 bits per heavy atom. The zero-order chi connectivity index (χ0) is 23.2. The Morgan fingerprint density at radius 1 is 1.35 bits per heavy atom. The topological polar surface area (TPSA) is 177 Å². The Kier molecular flexibility index (Phi) is 7.72. The molecule has 0 aliphatic rings. The molecule has 0 amide bonds. The van der Waals surface area contributed by atoms with Crippen molar-refractivity contribution in [3.63, 3.8) is 0 Å². The van der Waals surface area contributed by atoms with Crippen molar-refractivity contribution in [1.82, 2.24) is 35.3 Å². The molecule has 0 fully saturated rings. The molecule has 0 saturated carbocycles. The third-order valence-corrected chi connectivity index (χ3v) is 4.12. The van der Waals surface area contributed by atoms with Crippen molar-refractivity contribution in [3.05, 3.63) is 39.6 Å². The summed E-state index contributed by atoms with van der Waals surface area (Å²) >= 11 is 6.78. The molecule has 2 heterocycles. The molecule has 1 aromatic carbocycles. The Labute approximate surface area is 178 Å². The number of rotatable bonds is 4. The first-order valence-electron chi connectivity index (χ1n) is 7.60. The molecule has 0 saturated heterocycles. The predicted octanol–water partition coefficient (Wildman–Crippen LogP) is 1.64. The number of nitrogens with zero attached hydrogens (tertiary/aromatic N) is 7. The first-order chi connectivity index (χ1) is 14.5. The van der Waals surface area contributed by atoms with Crippen LogP contribution in [-0.4, -0.2) is 58.1 Å². The lowest BCUT2D eigenvalue weighted by Crippen LogP contribution is -2.22. The van der Waals surface area contributed by atoms with Crippen LogP contribution < -0.4 is 11.2 Å². The maximum Gasteiger partial charge on any atom is 0.490 e. The van der Waals surface area contributed by atoms with E-state index in [1.54, 1.807) is 0 Å². The number of aliphatic imine (C=N–C) groups is 1. The summed E-state index contributed by atoms with van der Waals surface area (Å²) in [6, 6.07) is 3.88. The van der Waals surface area contributed by atoms with Crippen molar-refractivity contribution in [2.45, 2.75) is 12.7 Å². The minimum atomic E-state index is -5.08. The molecule has 31 heavy (non-hydrogen) atoms. The molecule has 3 rings (SSSR count). The predicted molar refractivity (Wildman–Crippen MR) is 97.5 cm³/mol. The first kappa shape index (κ1) is 23.8. The average Bonchev–Trinajstić information content (AvgIpc) is 3.32. The van der Waals surface area contributed by atoms with Crippen molar-refractivity contribution < 1.29 is 32.7 Å². The standard InChI is InChI=1S/C11H9ClFN9OS.C2HF3O2/c12-6-3-5(1-2-7(6)13)15-10(18-23)9-8(24-21-16-9)4-22-11(14)17-19-20-22;3-2(4,5)1(6)7/h1-3,23H,4H2,(H,15,18)(H2,14,17,20);(H,6,7). The summed E-state index contributed by atoms with van der Waals surface area (Å²) in [6.45, 7) is 0.191. The Balaban J connectivity index is 0.000000423. The van der Waals surface area contributed by atoms with Crippen LogP contribution in [0, 0.1) is 5.82 Å². The van der Waals surface area contributed by atoms with E-state index in [2.05, 4.69) is 30.1 Å². The fourth-order valence-corrected chi connectivity index (χ4v) is 2.57. The van der Waals surface area contributed by atoms with Gasteiger partial charge in [-0.2, -0.15) is 13.2 Å². The minimum absolute atomic E-state index is 0.00747. The summed E-state index contributed by atoms with van der Waals surface area (Å²) in [5.74, 6) is -3.20. The van der Waals surface area contributed by atoms with E-state index >= 15 is 0 Å². The van der Waals surface area contributed by atoms with Gasteiger partial charge >= 0.3 is 12.1 Å². The molecule has 18 heteroatoms. The number of nitrogens with one attached hydrogen (secondary N) is 1. The van der Waals surface area contributed by atoms with Crippen molar-refractivity contribution in [3.8, 4) is 0 Å². The number of carbonyl (C=O) groups is 1. The number of benzene rings is 1. The largest absolute Gasteiger partial charge is 0.490 e. The lowest BCUT2D eigenvalue weighted by atomic mass is 10.3. The quantitative estimate of drug-likeness (QED) is 0.184. The normalized spacial score (nSPS) is 11.6. The Bertz CT molecular complexity index is 1090. The van der Waals surface area contributed by atoms with Crippen molar-refractivity contribution in [2.75, 3.05) is 5.73 Å². The molecule has 0 atom stereocenters. The van der Waals surface area contributed by atoms with Crippen LogP contribution in [0.3, 0.4) is 0 Å². The van der Waals surface area contributed by atoms with Crippen molar-refractivity contribution >= 4 is 46.6 Å². The van der Waals surface area contributed by atoms with Gasteiger partial charge in [-0.3, -0.25) is 10.7 Å². The van der Waals surface area contributed by atoms with Gasteiger partial charge in [0.25, 0.3) is 0 Å². The summed E-state index contributed by atoms with van der Waals surface area (Å²) < 4.78 is 50.1. The maximum atomic E-state index is 13.2. The van der Waals surface area contributed by atoms with E-state index in [0.717, 1.165) is 17.6 Å². The van der Waals surface area contributed by atoms with E-state index in [1.165, 1.54) is 16.8 Å². The van der Waals surface area contributed by atoms with E-state index in [1.807, 2.05) is 5.48 Å². The van der Waals surface area contributed by atoms with Crippen molar-refractivity contribution in [1.29, 1.82) is 0 Å². The van der Waals surface area contributed by atoms with Gasteiger partial charge in [-0.05, 0) is 40.2 Å². The van der Waals surface area contributed by atoms with Crippen LogP contribution in [0.1, 0.15) is 10.6 Å². The monoisotopic (exact) mass is 483 g/mol. The lowest BCUT2D eigenvalue weighted by Gasteiger charge is -2.05. The lowest BCUT2D eigenvalue weighted by molar-refractivity contribution is -0.192. The van der Waals surface area contributed by atoms with Gasteiger partial charge in [-0.15, -0.1) is 5.10 Å². The molecule has 0 aliphatic carbocycles. The highest BCUT2D eigenvalue weighted by Crippen LogP contribution is 2.23. The van der Waals surface area contributed by atoms with Crippen LogP contribution in [0.5, 0.6) is 0 Å². The first-order valence-corrected chi connectivity index (χ1v) is 8.75.